The van der Waals surface area contributed by atoms with Crippen molar-refractivity contribution in [1.82, 2.24) is 4.98 Å². The second kappa shape index (κ2) is 8.43. The molecule has 3 aromatic rings. The van der Waals surface area contributed by atoms with Gasteiger partial charge in [0.1, 0.15) is 5.82 Å². The number of benzene rings is 2. The maximum Gasteiger partial charge on any atom is 0.259 e. The van der Waals surface area contributed by atoms with Gasteiger partial charge in [-0.05, 0) is 49.7 Å². The number of pyridine rings is 1. The van der Waals surface area contributed by atoms with Crippen molar-refractivity contribution in [1.29, 1.82) is 0 Å². The highest BCUT2D eigenvalue weighted by Gasteiger charge is 2.18. The molecular formula is C22H20FN3O2. The third kappa shape index (κ3) is 4.23. The fourth-order valence-electron chi connectivity index (χ4n) is 2.83. The molecule has 0 bridgehead atoms. The molecule has 2 amide bonds. The first-order chi connectivity index (χ1) is 13.5. The van der Waals surface area contributed by atoms with E-state index in [0.717, 1.165) is 11.3 Å². The normalized spacial score (nSPS) is 10.4. The van der Waals surface area contributed by atoms with Gasteiger partial charge in [-0.25, -0.2) is 4.39 Å². The number of anilines is 2. The predicted octanol–water partition coefficient (Wildman–Crippen LogP) is 4.45. The molecule has 0 unspecified atom stereocenters. The van der Waals surface area contributed by atoms with E-state index in [1.165, 1.54) is 36.7 Å². The fraction of sp³-hybridized carbons (Fsp3) is 0.136. The van der Waals surface area contributed by atoms with Crippen LogP contribution >= 0.6 is 0 Å². The van der Waals surface area contributed by atoms with Crippen LogP contribution in [0.3, 0.4) is 0 Å². The molecule has 1 heterocycles. The van der Waals surface area contributed by atoms with Gasteiger partial charge in [0.05, 0.1) is 16.8 Å². The summed E-state index contributed by atoms with van der Waals surface area (Å²) in [5.74, 6) is -1.33. The molecule has 142 valence electrons. The summed E-state index contributed by atoms with van der Waals surface area (Å²) >= 11 is 0. The molecular weight excluding hydrogens is 357 g/mol. The van der Waals surface area contributed by atoms with Crippen molar-refractivity contribution in [3.63, 3.8) is 0 Å². The number of nitrogens with one attached hydrogen (secondary N) is 1. The summed E-state index contributed by atoms with van der Waals surface area (Å²) in [6.45, 7) is 4.30. The number of aromatic nitrogens is 1. The van der Waals surface area contributed by atoms with E-state index in [9.17, 15) is 14.0 Å². The smallest absolute Gasteiger partial charge is 0.259 e. The molecule has 6 heteroatoms. The van der Waals surface area contributed by atoms with Gasteiger partial charge in [-0.2, -0.15) is 0 Å². The number of rotatable bonds is 5. The maximum atomic E-state index is 13.8. The first kappa shape index (κ1) is 19.2. The number of carbonyl (C=O) groups excluding carboxylic acids is 2. The minimum Gasteiger partial charge on any atom is -0.319 e. The van der Waals surface area contributed by atoms with Crippen molar-refractivity contribution >= 4 is 23.2 Å². The molecule has 5 nitrogen and oxygen atoms in total. The molecule has 0 aliphatic rings. The van der Waals surface area contributed by atoms with Gasteiger partial charge in [-0.1, -0.05) is 24.3 Å². The van der Waals surface area contributed by atoms with Crippen LogP contribution < -0.4 is 10.2 Å². The minimum absolute atomic E-state index is 0.0687. The Morgan fingerprint density at radius 2 is 1.79 bits per heavy atom. The van der Waals surface area contributed by atoms with Gasteiger partial charge in [0, 0.05) is 24.6 Å². The SMILES string of the molecule is CCN(C(=O)c1cncc(C(=O)Nc2ccccc2F)c1)c1cccc(C)c1. The molecule has 2 aromatic carbocycles. The van der Waals surface area contributed by atoms with E-state index in [2.05, 4.69) is 10.3 Å². The second-order valence-electron chi connectivity index (χ2n) is 6.28. The quantitative estimate of drug-likeness (QED) is 0.715. The van der Waals surface area contributed by atoms with Crippen molar-refractivity contribution in [2.75, 3.05) is 16.8 Å². The minimum atomic E-state index is -0.536. The van der Waals surface area contributed by atoms with Crippen molar-refractivity contribution < 1.29 is 14.0 Å². The molecule has 0 aliphatic heterocycles. The van der Waals surface area contributed by atoms with Gasteiger partial charge in [-0.3, -0.25) is 14.6 Å². The van der Waals surface area contributed by atoms with Crippen LogP contribution in [0.5, 0.6) is 0 Å². The summed E-state index contributed by atoms with van der Waals surface area (Å²) in [4.78, 5) is 31.1. The van der Waals surface area contributed by atoms with Crippen molar-refractivity contribution in [3.05, 3.63) is 89.5 Å². The third-order valence-corrected chi connectivity index (χ3v) is 4.24. The van der Waals surface area contributed by atoms with Gasteiger partial charge in [0.2, 0.25) is 0 Å². The lowest BCUT2D eigenvalue weighted by molar-refractivity contribution is 0.0988. The Hall–Kier alpha value is -3.54. The van der Waals surface area contributed by atoms with Crippen molar-refractivity contribution in [2.45, 2.75) is 13.8 Å². The van der Waals surface area contributed by atoms with E-state index in [1.807, 2.05) is 38.1 Å². The Bertz CT molecular complexity index is 1020. The van der Waals surface area contributed by atoms with Gasteiger partial charge in [0.25, 0.3) is 11.8 Å². The van der Waals surface area contributed by atoms with E-state index >= 15 is 0 Å². The van der Waals surface area contributed by atoms with E-state index in [1.54, 1.807) is 11.0 Å². The van der Waals surface area contributed by atoms with E-state index in [-0.39, 0.29) is 22.7 Å². The lowest BCUT2D eigenvalue weighted by Gasteiger charge is -2.21. The summed E-state index contributed by atoms with van der Waals surface area (Å²) in [7, 11) is 0. The number of nitrogens with zero attached hydrogens (tertiary/aromatic N) is 2. The highest BCUT2D eigenvalue weighted by Crippen LogP contribution is 2.19. The third-order valence-electron chi connectivity index (χ3n) is 4.24. The zero-order valence-electron chi connectivity index (χ0n) is 15.6. The molecule has 0 saturated carbocycles. The predicted molar refractivity (Wildman–Crippen MR) is 107 cm³/mol. The lowest BCUT2D eigenvalue weighted by Crippen LogP contribution is -2.31. The number of carbonyl (C=O) groups is 2. The Labute approximate surface area is 162 Å². The van der Waals surface area contributed by atoms with Crippen LogP contribution in [-0.2, 0) is 0 Å². The van der Waals surface area contributed by atoms with Crippen LogP contribution in [0.25, 0.3) is 0 Å². The van der Waals surface area contributed by atoms with Crippen LogP contribution in [0, 0.1) is 12.7 Å². The van der Waals surface area contributed by atoms with Gasteiger partial charge in [0.15, 0.2) is 0 Å². The zero-order valence-corrected chi connectivity index (χ0v) is 15.6. The average molecular weight is 377 g/mol. The summed E-state index contributed by atoms with van der Waals surface area (Å²) in [6, 6.07) is 15.0. The number of hydrogen-bond acceptors (Lipinski definition) is 3. The van der Waals surface area contributed by atoms with Gasteiger partial charge < -0.3 is 10.2 Å². The Kier molecular flexibility index (Phi) is 5.79. The molecule has 3 rings (SSSR count). The van der Waals surface area contributed by atoms with Crippen LogP contribution in [0.15, 0.2) is 67.0 Å². The molecule has 0 atom stereocenters. The van der Waals surface area contributed by atoms with Crippen LogP contribution in [0.1, 0.15) is 33.2 Å². The molecule has 0 aliphatic carbocycles. The highest BCUT2D eigenvalue weighted by atomic mass is 19.1. The van der Waals surface area contributed by atoms with Crippen LogP contribution in [-0.4, -0.2) is 23.3 Å². The molecule has 0 fully saturated rings. The first-order valence-electron chi connectivity index (χ1n) is 8.89. The van der Waals surface area contributed by atoms with E-state index in [4.69, 9.17) is 0 Å². The monoisotopic (exact) mass is 377 g/mol. The lowest BCUT2D eigenvalue weighted by atomic mass is 10.1. The van der Waals surface area contributed by atoms with Crippen molar-refractivity contribution in [2.24, 2.45) is 0 Å². The summed E-state index contributed by atoms with van der Waals surface area (Å²) in [5, 5.41) is 2.50. The molecule has 1 N–H and O–H groups in total. The first-order valence-corrected chi connectivity index (χ1v) is 8.89. The molecule has 0 saturated heterocycles. The molecule has 28 heavy (non-hydrogen) atoms. The summed E-state index contributed by atoms with van der Waals surface area (Å²) in [5.41, 5.74) is 2.34. The second-order valence-corrected chi connectivity index (χ2v) is 6.28. The number of amides is 2. The Balaban J connectivity index is 1.84. The number of para-hydroxylation sites is 1. The molecule has 1 aromatic heterocycles. The van der Waals surface area contributed by atoms with E-state index in [0.29, 0.717) is 6.54 Å². The molecule has 0 radical (unpaired) electrons. The van der Waals surface area contributed by atoms with Gasteiger partial charge >= 0.3 is 0 Å². The largest absolute Gasteiger partial charge is 0.319 e. The molecule has 0 spiro atoms. The van der Waals surface area contributed by atoms with Gasteiger partial charge in [-0.15, -0.1) is 0 Å². The Morgan fingerprint density at radius 1 is 1.04 bits per heavy atom. The van der Waals surface area contributed by atoms with Crippen LogP contribution in [0.2, 0.25) is 0 Å². The maximum absolute atomic E-state index is 13.8. The average Bonchev–Trinajstić information content (AvgIpc) is 2.70. The zero-order chi connectivity index (χ0) is 20.1. The number of aryl methyl sites for hydroxylation is 1. The summed E-state index contributed by atoms with van der Waals surface area (Å²) in [6.07, 6.45) is 2.76. The number of halogens is 1. The fourth-order valence-corrected chi connectivity index (χ4v) is 2.83. The number of hydrogen-bond donors (Lipinski definition) is 1. The van der Waals surface area contributed by atoms with Crippen LogP contribution in [0.4, 0.5) is 15.8 Å². The van der Waals surface area contributed by atoms with Crippen molar-refractivity contribution in [3.8, 4) is 0 Å². The Morgan fingerprint density at radius 3 is 2.50 bits per heavy atom. The standard InChI is InChI=1S/C22H20FN3O2/c1-3-26(18-8-6-7-15(2)11-18)22(28)17-12-16(13-24-14-17)21(27)25-20-10-5-4-9-19(20)23/h4-14H,3H2,1-2H3,(H,25,27). The topological polar surface area (TPSA) is 62.3 Å². The summed E-state index contributed by atoms with van der Waals surface area (Å²) < 4.78 is 13.8. The van der Waals surface area contributed by atoms with E-state index < -0.39 is 11.7 Å². The highest BCUT2D eigenvalue weighted by molar-refractivity contribution is 6.09.